The van der Waals surface area contributed by atoms with E-state index >= 15 is 0 Å². The van der Waals surface area contributed by atoms with Crippen LogP contribution in [0.25, 0.3) is 0 Å². The Morgan fingerprint density at radius 1 is 1.20 bits per heavy atom. The molecule has 0 aliphatic carbocycles. The van der Waals surface area contributed by atoms with E-state index in [9.17, 15) is 4.79 Å². The van der Waals surface area contributed by atoms with Gasteiger partial charge in [-0.3, -0.25) is 4.79 Å². The number of rotatable bonds is 6. The highest BCUT2D eigenvalue weighted by molar-refractivity contribution is 5.85. The minimum atomic E-state index is 0. The zero-order valence-electron chi connectivity index (χ0n) is 15.5. The van der Waals surface area contributed by atoms with E-state index in [-0.39, 0.29) is 18.3 Å². The van der Waals surface area contributed by atoms with Crippen molar-refractivity contribution in [2.75, 3.05) is 13.7 Å². The molecule has 1 aromatic carbocycles. The summed E-state index contributed by atoms with van der Waals surface area (Å²) in [6, 6.07) is 9.79. The van der Waals surface area contributed by atoms with Gasteiger partial charge >= 0.3 is 0 Å². The number of ether oxygens (including phenoxy) is 1. The monoisotopic (exact) mass is 366 g/mol. The summed E-state index contributed by atoms with van der Waals surface area (Å²) < 4.78 is 5.74. The van der Waals surface area contributed by atoms with Crippen molar-refractivity contribution in [1.82, 2.24) is 10.2 Å². The van der Waals surface area contributed by atoms with Gasteiger partial charge in [0.2, 0.25) is 5.91 Å². The van der Waals surface area contributed by atoms with E-state index in [1.54, 1.807) is 0 Å². The molecule has 140 valence electrons. The van der Waals surface area contributed by atoms with Crippen molar-refractivity contribution in [3.63, 3.8) is 0 Å². The minimum absolute atomic E-state index is 0. The van der Waals surface area contributed by atoms with Crippen molar-refractivity contribution in [1.29, 1.82) is 0 Å². The predicted molar refractivity (Wildman–Crippen MR) is 104 cm³/mol. The highest BCUT2D eigenvalue weighted by Gasteiger charge is 2.36. The molecule has 0 spiro atoms. The number of nitrogens with zero attached hydrogens (tertiary/aromatic N) is 1. The molecular formula is C20H31ClN2O2. The number of piperidine rings is 1. The van der Waals surface area contributed by atoms with Gasteiger partial charge in [-0.1, -0.05) is 26.0 Å². The number of carbonyl (C=O) groups excluding carboxylic acids is 1. The third-order valence-electron chi connectivity index (χ3n) is 5.52. The zero-order chi connectivity index (χ0) is 17.1. The Hall–Kier alpha value is -1.26. The largest absolute Gasteiger partial charge is 0.493 e. The molecule has 25 heavy (non-hydrogen) atoms. The van der Waals surface area contributed by atoms with Gasteiger partial charge < -0.3 is 15.0 Å². The maximum atomic E-state index is 12.4. The highest BCUT2D eigenvalue weighted by Crippen LogP contribution is 2.29. The van der Waals surface area contributed by atoms with E-state index in [0.29, 0.717) is 37.1 Å². The summed E-state index contributed by atoms with van der Waals surface area (Å²) in [7, 11) is 1.95. The summed E-state index contributed by atoms with van der Waals surface area (Å²) in [5.41, 5.74) is 1.30. The van der Waals surface area contributed by atoms with Gasteiger partial charge in [-0.2, -0.15) is 0 Å². The van der Waals surface area contributed by atoms with Crippen LogP contribution in [0.15, 0.2) is 24.3 Å². The number of amides is 1. The molecule has 4 nitrogen and oxygen atoms in total. The van der Waals surface area contributed by atoms with Crippen LogP contribution in [0.2, 0.25) is 0 Å². The van der Waals surface area contributed by atoms with Crippen LogP contribution in [0.5, 0.6) is 5.75 Å². The molecule has 5 heteroatoms. The first-order valence-electron chi connectivity index (χ1n) is 9.27. The van der Waals surface area contributed by atoms with Crippen molar-refractivity contribution in [3.05, 3.63) is 29.8 Å². The van der Waals surface area contributed by atoms with Crippen molar-refractivity contribution in [2.24, 2.45) is 0 Å². The van der Waals surface area contributed by atoms with Crippen molar-refractivity contribution in [3.8, 4) is 5.75 Å². The number of halogens is 1. The van der Waals surface area contributed by atoms with Crippen molar-refractivity contribution in [2.45, 2.75) is 70.0 Å². The molecule has 2 unspecified atom stereocenters. The minimum Gasteiger partial charge on any atom is -0.493 e. The SMILES string of the molecule is CC(C)c1ccc(OCCC(=O)N(C)C2CC3CCC(C2)N3)cc1.Cl. The molecule has 2 aliphatic rings. The Balaban J connectivity index is 0.00000225. The summed E-state index contributed by atoms with van der Waals surface area (Å²) in [4.78, 5) is 14.4. The number of fused-ring (bicyclic) bond motifs is 2. The maximum absolute atomic E-state index is 12.4. The molecule has 2 saturated heterocycles. The molecule has 1 amide bonds. The van der Waals surface area contributed by atoms with E-state index in [4.69, 9.17) is 4.74 Å². The molecule has 1 N–H and O–H groups in total. The number of hydrogen-bond acceptors (Lipinski definition) is 3. The molecule has 0 saturated carbocycles. The number of benzene rings is 1. The summed E-state index contributed by atoms with van der Waals surface area (Å²) >= 11 is 0. The predicted octanol–water partition coefficient (Wildman–Crippen LogP) is 3.74. The zero-order valence-corrected chi connectivity index (χ0v) is 16.3. The molecule has 0 radical (unpaired) electrons. The topological polar surface area (TPSA) is 41.6 Å². The summed E-state index contributed by atoms with van der Waals surface area (Å²) in [5, 5.41) is 3.63. The van der Waals surface area contributed by atoms with Gasteiger partial charge in [0, 0.05) is 25.2 Å². The number of carbonyl (C=O) groups is 1. The number of hydrogen-bond donors (Lipinski definition) is 1. The average molecular weight is 367 g/mol. The van der Waals surface area contributed by atoms with E-state index < -0.39 is 0 Å². The van der Waals surface area contributed by atoms with Crippen LogP contribution in [0, 0.1) is 0 Å². The molecule has 2 bridgehead atoms. The van der Waals surface area contributed by atoms with E-state index in [2.05, 4.69) is 31.3 Å². The van der Waals surface area contributed by atoms with Crippen LogP contribution in [0.3, 0.4) is 0 Å². The Morgan fingerprint density at radius 3 is 2.36 bits per heavy atom. The van der Waals surface area contributed by atoms with Crippen LogP contribution in [0.4, 0.5) is 0 Å². The lowest BCUT2D eigenvalue weighted by atomic mass is 9.98. The Kier molecular flexibility index (Phi) is 7.14. The quantitative estimate of drug-likeness (QED) is 0.833. The van der Waals surface area contributed by atoms with Gasteiger partial charge in [0.15, 0.2) is 0 Å². The summed E-state index contributed by atoms with van der Waals surface area (Å²) in [5.74, 6) is 1.56. The molecule has 0 aromatic heterocycles. The van der Waals surface area contributed by atoms with Gasteiger partial charge in [-0.05, 0) is 49.3 Å². The lowest BCUT2D eigenvalue weighted by molar-refractivity contribution is -0.133. The molecule has 3 rings (SSSR count). The third-order valence-corrected chi connectivity index (χ3v) is 5.52. The van der Waals surface area contributed by atoms with Gasteiger partial charge in [-0.15, -0.1) is 12.4 Å². The van der Waals surface area contributed by atoms with Gasteiger partial charge in [-0.25, -0.2) is 0 Å². The normalized spacial score (nSPS) is 24.7. The molecule has 2 heterocycles. The lowest BCUT2D eigenvalue weighted by Crippen LogP contribution is -2.48. The smallest absolute Gasteiger partial charge is 0.225 e. The molecule has 2 atom stereocenters. The summed E-state index contributed by atoms with van der Waals surface area (Å²) in [6.45, 7) is 4.80. The Morgan fingerprint density at radius 2 is 1.80 bits per heavy atom. The van der Waals surface area contributed by atoms with Crippen LogP contribution in [0.1, 0.15) is 57.4 Å². The maximum Gasteiger partial charge on any atom is 0.225 e. The fourth-order valence-electron chi connectivity index (χ4n) is 3.93. The summed E-state index contributed by atoms with van der Waals surface area (Å²) in [6.07, 6.45) is 5.16. The molecular weight excluding hydrogens is 336 g/mol. The second-order valence-electron chi connectivity index (χ2n) is 7.59. The van der Waals surface area contributed by atoms with Crippen molar-refractivity contribution < 1.29 is 9.53 Å². The van der Waals surface area contributed by atoms with Crippen LogP contribution in [-0.2, 0) is 4.79 Å². The third kappa shape index (κ3) is 5.11. The van der Waals surface area contributed by atoms with Gasteiger partial charge in [0.05, 0.1) is 13.0 Å². The van der Waals surface area contributed by atoms with Crippen LogP contribution in [-0.4, -0.2) is 42.6 Å². The lowest BCUT2D eigenvalue weighted by Gasteiger charge is -2.35. The Labute approximate surface area is 157 Å². The molecule has 2 aliphatic heterocycles. The Bertz CT molecular complexity index is 549. The van der Waals surface area contributed by atoms with Crippen LogP contribution >= 0.6 is 12.4 Å². The standard InChI is InChI=1S/C20H30N2O2.ClH/c1-14(2)15-4-8-19(9-5-15)24-11-10-20(23)22(3)18-12-16-6-7-17(13-18)21-16;/h4-5,8-9,14,16-18,21H,6-7,10-13H2,1-3H3;1H. The number of nitrogens with one attached hydrogen (secondary N) is 1. The second-order valence-corrected chi connectivity index (χ2v) is 7.59. The van der Waals surface area contributed by atoms with Crippen molar-refractivity contribution >= 4 is 18.3 Å². The first-order chi connectivity index (χ1) is 11.5. The fraction of sp³-hybridized carbons (Fsp3) is 0.650. The molecule has 2 fully saturated rings. The first-order valence-corrected chi connectivity index (χ1v) is 9.27. The van der Waals surface area contributed by atoms with Gasteiger partial charge in [0.1, 0.15) is 5.75 Å². The first kappa shape index (κ1) is 20.1. The van der Waals surface area contributed by atoms with Gasteiger partial charge in [0.25, 0.3) is 0 Å². The van der Waals surface area contributed by atoms with E-state index in [0.717, 1.165) is 18.6 Å². The van der Waals surface area contributed by atoms with E-state index in [1.165, 1.54) is 18.4 Å². The van der Waals surface area contributed by atoms with Crippen LogP contribution < -0.4 is 10.1 Å². The highest BCUT2D eigenvalue weighted by atomic mass is 35.5. The fourth-order valence-corrected chi connectivity index (χ4v) is 3.93. The molecule has 1 aromatic rings. The second kappa shape index (κ2) is 8.91. The average Bonchev–Trinajstić information content (AvgIpc) is 2.92. The van der Waals surface area contributed by atoms with E-state index in [1.807, 2.05) is 24.1 Å².